The van der Waals surface area contributed by atoms with Crippen molar-refractivity contribution >= 4 is 17.4 Å². The Kier molecular flexibility index (Phi) is 5.82. The molecule has 1 saturated heterocycles. The maximum Gasteiger partial charge on any atom is 0.317 e. The molecule has 2 heterocycles. The number of carbonyl (C=O) groups excluding carboxylic acids is 1. The van der Waals surface area contributed by atoms with E-state index in [4.69, 9.17) is 9.47 Å². The van der Waals surface area contributed by atoms with Gasteiger partial charge in [0.2, 0.25) is 0 Å². The molecule has 0 aliphatic carbocycles. The van der Waals surface area contributed by atoms with Gasteiger partial charge < -0.3 is 19.7 Å². The number of urea groups is 1. The van der Waals surface area contributed by atoms with Crippen LogP contribution in [0.2, 0.25) is 0 Å². The predicted molar refractivity (Wildman–Crippen MR) is 79.1 cm³/mol. The molecule has 0 spiro atoms. The maximum atomic E-state index is 12.1. The van der Waals surface area contributed by atoms with Crippen molar-refractivity contribution in [2.24, 2.45) is 0 Å². The van der Waals surface area contributed by atoms with Gasteiger partial charge in [-0.2, -0.15) is 0 Å². The highest BCUT2D eigenvalue weighted by atomic mass is 32.1. The number of nitrogens with zero attached hydrogens (tertiary/aromatic N) is 1. The van der Waals surface area contributed by atoms with Crippen molar-refractivity contribution < 1.29 is 14.3 Å². The van der Waals surface area contributed by atoms with Crippen LogP contribution in [0.3, 0.4) is 0 Å². The van der Waals surface area contributed by atoms with Gasteiger partial charge in [-0.25, -0.2) is 4.79 Å². The molecule has 0 aromatic carbocycles. The molecule has 1 aromatic rings. The molecule has 112 valence electrons. The zero-order valence-corrected chi connectivity index (χ0v) is 12.9. The number of thiophene rings is 1. The second-order valence-corrected chi connectivity index (χ2v) is 6.03. The standard InChI is InChI=1S/C14H22N2O3S/c1-3-12-4-5-13(20-12)8-15-14(17)16-6-7-19-11(9-16)10-18-2/h4-5,11H,3,6-10H2,1-2H3,(H,15,17). The molecule has 1 N–H and O–H groups in total. The van der Waals surface area contributed by atoms with Crippen LogP contribution in [0.1, 0.15) is 16.7 Å². The van der Waals surface area contributed by atoms with Gasteiger partial charge in [-0.15, -0.1) is 11.3 Å². The summed E-state index contributed by atoms with van der Waals surface area (Å²) < 4.78 is 10.6. The zero-order chi connectivity index (χ0) is 14.4. The van der Waals surface area contributed by atoms with Gasteiger partial charge in [-0.05, 0) is 18.6 Å². The summed E-state index contributed by atoms with van der Waals surface area (Å²) in [6.07, 6.45) is 1.02. The SMILES string of the molecule is CCc1ccc(CNC(=O)N2CCOC(COC)C2)s1. The van der Waals surface area contributed by atoms with Crippen molar-refractivity contribution in [3.63, 3.8) is 0 Å². The van der Waals surface area contributed by atoms with E-state index >= 15 is 0 Å². The van der Waals surface area contributed by atoms with Crippen LogP contribution in [0.15, 0.2) is 12.1 Å². The second kappa shape index (κ2) is 7.61. The number of aryl methyl sites for hydroxylation is 1. The summed E-state index contributed by atoms with van der Waals surface area (Å²) in [5.41, 5.74) is 0. The predicted octanol–water partition coefficient (Wildman–Crippen LogP) is 1.87. The van der Waals surface area contributed by atoms with Crippen LogP contribution in [-0.4, -0.2) is 50.4 Å². The van der Waals surface area contributed by atoms with Gasteiger partial charge >= 0.3 is 6.03 Å². The lowest BCUT2D eigenvalue weighted by atomic mass is 10.3. The summed E-state index contributed by atoms with van der Waals surface area (Å²) in [6.45, 7) is 5.05. The quantitative estimate of drug-likeness (QED) is 0.903. The van der Waals surface area contributed by atoms with Crippen molar-refractivity contribution in [3.05, 3.63) is 21.9 Å². The third-order valence-electron chi connectivity index (χ3n) is 3.26. The lowest BCUT2D eigenvalue weighted by Gasteiger charge is -2.32. The molecule has 2 rings (SSSR count). The third kappa shape index (κ3) is 4.19. The molecule has 0 radical (unpaired) electrons. The van der Waals surface area contributed by atoms with Crippen LogP contribution >= 0.6 is 11.3 Å². The van der Waals surface area contributed by atoms with E-state index in [0.29, 0.717) is 32.8 Å². The highest BCUT2D eigenvalue weighted by Gasteiger charge is 2.23. The number of hydrogen-bond acceptors (Lipinski definition) is 4. The Bertz CT molecular complexity index is 434. The number of rotatable bonds is 5. The van der Waals surface area contributed by atoms with Crippen molar-refractivity contribution in [2.45, 2.75) is 26.0 Å². The number of morpholine rings is 1. The Hall–Kier alpha value is -1.11. The molecule has 1 aromatic heterocycles. The first-order chi connectivity index (χ1) is 9.72. The van der Waals surface area contributed by atoms with E-state index in [1.807, 2.05) is 0 Å². The molecule has 1 aliphatic rings. The molecule has 1 atom stereocenters. The molecule has 20 heavy (non-hydrogen) atoms. The molecule has 0 saturated carbocycles. The van der Waals surface area contributed by atoms with Crippen molar-refractivity contribution in [2.75, 3.05) is 33.4 Å². The van der Waals surface area contributed by atoms with E-state index in [0.717, 1.165) is 6.42 Å². The monoisotopic (exact) mass is 298 g/mol. The van der Waals surface area contributed by atoms with E-state index in [9.17, 15) is 4.79 Å². The Balaban J connectivity index is 1.79. The summed E-state index contributed by atoms with van der Waals surface area (Å²) in [4.78, 5) is 16.5. The summed E-state index contributed by atoms with van der Waals surface area (Å²) in [5.74, 6) is 0. The molecule has 0 bridgehead atoms. The van der Waals surface area contributed by atoms with Crippen molar-refractivity contribution in [1.29, 1.82) is 0 Å². The number of hydrogen-bond donors (Lipinski definition) is 1. The largest absolute Gasteiger partial charge is 0.382 e. The van der Waals surface area contributed by atoms with Crippen LogP contribution in [-0.2, 0) is 22.4 Å². The fourth-order valence-corrected chi connectivity index (χ4v) is 3.07. The van der Waals surface area contributed by atoms with E-state index in [-0.39, 0.29) is 12.1 Å². The van der Waals surface area contributed by atoms with Gasteiger partial charge in [0.15, 0.2) is 0 Å². The smallest absolute Gasteiger partial charge is 0.317 e. The summed E-state index contributed by atoms with van der Waals surface area (Å²) in [5, 5.41) is 2.97. The van der Waals surface area contributed by atoms with Crippen LogP contribution in [0.25, 0.3) is 0 Å². The number of amides is 2. The van der Waals surface area contributed by atoms with E-state index in [1.165, 1.54) is 9.75 Å². The Morgan fingerprint density at radius 2 is 2.35 bits per heavy atom. The Morgan fingerprint density at radius 3 is 3.05 bits per heavy atom. The van der Waals surface area contributed by atoms with Crippen LogP contribution < -0.4 is 5.32 Å². The number of methoxy groups -OCH3 is 1. The average molecular weight is 298 g/mol. The molecule has 5 nitrogen and oxygen atoms in total. The van der Waals surface area contributed by atoms with Gasteiger partial charge in [0.25, 0.3) is 0 Å². The lowest BCUT2D eigenvalue weighted by molar-refractivity contribution is -0.0494. The van der Waals surface area contributed by atoms with Gasteiger partial charge in [0.1, 0.15) is 0 Å². The maximum absolute atomic E-state index is 12.1. The first kappa shape index (κ1) is 15.3. The number of ether oxygens (including phenoxy) is 2. The van der Waals surface area contributed by atoms with Crippen LogP contribution in [0.4, 0.5) is 4.79 Å². The normalized spacial score (nSPS) is 19.1. The zero-order valence-electron chi connectivity index (χ0n) is 12.1. The topological polar surface area (TPSA) is 50.8 Å². The third-order valence-corrected chi connectivity index (χ3v) is 4.49. The molecule has 1 aliphatic heterocycles. The lowest BCUT2D eigenvalue weighted by Crippen LogP contribution is -2.50. The van der Waals surface area contributed by atoms with E-state index in [2.05, 4.69) is 24.4 Å². The summed E-state index contributed by atoms with van der Waals surface area (Å²) in [7, 11) is 1.64. The van der Waals surface area contributed by atoms with Gasteiger partial charge in [0, 0.05) is 23.4 Å². The van der Waals surface area contributed by atoms with Gasteiger partial charge in [-0.3, -0.25) is 0 Å². The van der Waals surface area contributed by atoms with E-state index in [1.54, 1.807) is 23.3 Å². The number of carbonyl (C=O) groups is 1. The molecule has 1 fully saturated rings. The summed E-state index contributed by atoms with van der Waals surface area (Å²) >= 11 is 1.75. The van der Waals surface area contributed by atoms with E-state index < -0.39 is 0 Å². The minimum absolute atomic E-state index is 0.0204. The highest BCUT2D eigenvalue weighted by molar-refractivity contribution is 7.11. The van der Waals surface area contributed by atoms with Gasteiger partial charge in [-0.1, -0.05) is 6.92 Å². The minimum Gasteiger partial charge on any atom is -0.382 e. The molecule has 1 unspecified atom stereocenters. The van der Waals surface area contributed by atoms with Crippen LogP contribution in [0, 0.1) is 0 Å². The molecule has 6 heteroatoms. The second-order valence-electron chi connectivity index (χ2n) is 4.77. The summed E-state index contributed by atoms with van der Waals surface area (Å²) in [6, 6.07) is 4.17. The minimum atomic E-state index is -0.0270. The Labute approximate surface area is 123 Å². The average Bonchev–Trinajstić information content (AvgIpc) is 2.93. The fourth-order valence-electron chi connectivity index (χ4n) is 2.17. The number of nitrogens with one attached hydrogen (secondary N) is 1. The van der Waals surface area contributed by atoms with Crippen LogP contribution in [0.5, 0.6) is 0 Å². The molecular formula is C14H22N2O3S. The molecule has 2 amide bonds. The van der Waals surface area contributed by atoms with Crippen molar-refractivity contribution in [1.82, 2.24) is 10.2 Å². The Morgan fingerprint density at radius 1 is 1.55 bits per heavy atom. The highest BCUT2D eigenvalue weighted by Crippen LogP contribution is 2.16. The first-order valence-electron chi connectivity index (χ1n) is 6.93. The van der Waals surface area contributed by atoms with Gasteiger partial charge in [0.05, 0.1) is 32.4 Å². The first-order valence-corrected chi connectivity index (χ1v) is 7.75. The van der Waals surface area contributed by atoms with Crippen molar-refractivity contribution in [3.8, 4) is 0 Å². The fraction of sp³-hybridized carbons (Fsp3) is 0.643. The molecular weight excluding hydrogens is 276 g/mol.